The van der Waals surface area contributed by atoms with Gasteiger partial charge in [-0.3, -0.25) is 4.79 Å². The lowest BCUT2D eigenvalue weighted by Gasteiger charge is -2.08. The van der Waals surface area contributed by atoms with E-state index in [4.69, 9.17) is 16.3 Å². The molecule has 1 saturated carbocycles. The van der Waals surface area contributed by atoms with Gasteiger partial charge in [-0.05, 0) is 30.5 Å². The number of carbonyl (C=O) groups excluding carboxylic acids is 1. The molecule has 96 valence electrons. The van der Waals surface area contributed by atoms with Gasteiger partial charge in [-0.1, -0.05) is 11.6 Å². The molecule has 0 aromatic heterocycles. The first kappa shape index (κ1) is 12.0. The summed E-state index contributed by atoms with van der Waals surface area (Å²) in [6.07, 6.45) is 3.69. The molecule has 1 aliphatic heterocycles. The Morgan fingerprint density at radius 2 is 2.28 bits per heavy atom. The molecule has 18 heavy (non-hydrogen) atoms. The number of carbonyl (C=O) groups is 1. The molecule has 0 unspecified atom stereocenters. The summed E-state index contributed by atoms with van der Waals surface area (Å²) < 4.78 is 5.59. The van der Waals surface area contributed by atoms with Crippen molar-refractivity contribution in [3.05, 3.63) is 28.3 Å². The first-order valence-corrected chi connectivity index (χ1v) is 6.79. The number of nitrogens with one attached hydrogen (secondary N) is 1. The Morgan fingerprint density at radius 1 is 1.44 bits per heavy atom. The third kappa shape index (κ3) is 2.68. The molecule has 3 rings (SSSR count). The molecule has 0 saturated heterocycles. The van der Waals surface area contributed by atoms with Gasteiger partial charge in [0.2, 0.25) is 0 Å². The minimum absolute atomic E-state index is 0.196. The summed E-state index contributed by atoms with van der Waals surface area (Å²) in [6.45, 7) is 1.14. The van der Waals surface area contributed by atoms with Crippen LogP contribution in [0.2, 0.25) is 5.02 Å². The van der Waals surface area contributed by atoms with E-state index in [0.717, 1.165) is 23.3 Å². The number of fused-ring (bicyclic) bond motifs is 1. The maximum Gasteiger partial charge on any atom is 0.151 e. The summed E-state index contributed by atoms with van der Waals surface area (Å²) in [6, 6.07) is 4.34. The number of benzene rings is 1. The number of hydrogen-bond acceptors (Lipinski definition) is 3. The summed E-state index contributed by atoms with van der Waals surface area (Å²) in [5.74, 6) is 1.07. The molecule has 0 bridgehead atoms. The summed E-state index contributed by atoms with van der Waals surface area (Å²) in [5.41, 5.74) is 2.05. The van der Waals surface area contributed by atoms with Crippen molar-refractivity contribution in [2.24, 2.45) is 0 Å². The van der Waals surface area contributed by atoms with Crippen LogP contribution in [-0.4, -0.2) is 25.0 Å². The number of Topliss-reactive ketones (excluding diaryl/α,β-unsaturated/α-hetero) is 1. The predicted molar refractivity (Wildman–Crippen MR) is 70.4 cm³/mol. The van der Waals surface area contributed by atoms with Gasteiger partial charge in [0.05, 0.1) is 13.2 Å². The highest BCUT2D eigenvalue weighted by Crippen LogP contribution is 2.33. The maximum absolute atomic E-state index is 11.9. The van der Waals surface area contributed by atoms with Crippen LogP contribution in [0.25, 0.3) is 0 Å². The minimum atomic E-state index is 0.196. The highest BCUT2D eigenvalue weighted by molar-refractivity contribution is 6.30. The molecule has 1 aromatic carbocycles. The Balaban J connectivity index is 1.69. The van der Waals surface area contributed by atoms with Crippen molar-refractivity contribution in [3.8, 4) is 5.75 Å². The number of halogens is 1. The van der Waals surface area contributed by atoms with Gasteiger partial charge in [-0.15, -0.1) is 0 Å². The fourth-order valence-corrected chi connectivity index (χ4v) is 2.56. The Bertz CT molecular complexity index is 483. The molecule has 3 nitrogen and oxygen atoms in total. The van der Waals surface area contributed by atoms with Gasteiger partial charge >= 0.3 is 0 Å². The first-order chi connectivity index (χ1) is 8.72. The van der Waals surface area contributed by atoms with Gasteiger partial charge in [0.25, 0.3) is 0 Å². The highest BCUT2D eigenvalue weighted by atomic mass is 35.5. The van der Waals surface area contributed by atoms with Gasteiger partial charge in [-0.2, -0.15) is 0 Å². The zero-order chi connectivity index (χ0) is 12.5. The van der Waals surface area contributed by atoms with E-state index in [1.807, 2.05) is 12.1 Å². The van der Waals surface area contributed by atoms with Crippen molar-refractivity contribution in [1.29, 1.82) is 0 Å². The van der Waals surface area contributed by atoms with Gasteiger partial charge in [0.1, 0.15) is 5.75 Å². The number of hydrogen-bond donors (Lipinski definition) is 1. The second kappa shape index (κ2) is 4.90. The predicted octanol–water partition coefficient (Wildman–Crippen LogP) is 2.14. The van der Waals surface area contributed by atoms with Crippen LogP contribution >= 0.6 is 11.6 Å². The van der Waals surface area contributed by atoms with Crippen LogP contribution in [-0.2, 0) is 17.6 Å². The molecule has 4 heteroatoms. The van der Waals surface area contributed by atoms with E-state index in [-0.39, 0.29) is 5.78 Å². The Morgan fingerprint density at radius 3 is 3.06 bits per heavy atom. The van der Waals surface area contributed by atoms with Gasteiger partial charge in [0.15, 0.2) is 5.78 Å². The average Bonchev–Trinajstić information content (AvgIpc) is 3.04. The zero-order valence-corrected chi connectivity index (χ0v) is 10.9. The number of ketones is 1. The monoisotopic (exact) mass is 265 g/mol. The maximum atomic E-state index is 11.9. The van der Waals surface area contributed by atoms with Crippen LogP contribution in [0.15, 0.2) is 12.1 Å². The van der Waals surface area contributed by atoms with E-state index in [1.165, 1.54) is 12.8 Å². The second-order valence-electron chi connectivity index (χ2n) is 5.02. The quantitative estimate of drug-likeness (QED) is 0.887. The SMILES string of the molecule is O=C(CNC1CC1)Cc1cc(Cl)cc2c1OCC2. The summed E-state index contributed by atoms with van der Waals surface area (Å²) >= 11 is 6.07. The minimum Gasteiger partial charge on any atom is -0.493 e. The van der Waals surface area contributed by atoms with E-state index in [2.05, 4.69) is 5.32 Å². The van der Waals surface area contributed by atoms with Gasteiger partial charge in [-0.25, -0.2) is 0 Å². The number of rotatable bonds is 5. The smallest absolute Gasteiger partial charge is 0.151 e. The summed E-state index contributed by atoms with van der Waals surface area (Å²) in [7, 11) is 0. The molecular weight excluding hydrogens is 250 g/mol. The average molecular weight is 266 g/mol. The van der Waals surface area contributed by atoms with Crippen LogP contribution in [0.3, 0.4) is 0 Å². The third-order valence-electron chi connectivity index (χ3n) is 3.38. The van der Waals surface area contributed by atoms with Crippen molar-refractivity contribution in [2.45, 2.75) is 31.7 Å². The topological polar surface area (TPSA) is 38.3 Å². The van der Waals surface area contributed by atoms with Crippen LogP contribution in [0.5, 0.6) is 5.75 Å². The third-order valence-corrected chi connectivity index (χ3v) is 3.60. The van der Waals surface area contributed by atoms with Crippen LogP contribution in [0.4, 0.5) is 0 Å². The zero-order valence-electron chi connectivity index (χ0n) is 10.2. The molecule has 0 radical (unpaired) electrons. The lowest BCUT2D eigenvalue weighted by Crippen LogP contribution is -2.26. The molecule has 1 N–H and O–H groups in total. The Labute approximate surface area is 111 Å². The van der Waals surface area contributed by atoms with Crippen LogP contribution in [0, 0.1) is 0 Å². The summed E-state index contributed by atoms with van der Waals surface area (Å²) in [5, 5.41) is 3.93. The van der Waals surface area contributed by atoms with Crippen molar-refractivity contribution >= 4 is 17.4 Å². The molecular formula is C14H16ClNO2. The standard InChI is InChI=1S/C14H16ClNO2/c15-11-5-9-3-4-18-14(9)10(6-11)7-13(17)8-16-12-1-2-12/h5-6,12,16H,1-4,7-8H2. The highest BCUT2D eigenvalue weighted by Gasteiger charge is 2.22. The molecule has 1 heterocycles. The van der Waals surface area contributed by atoms with E-state index >= 15 is 0 Å². The van der Waals surface area contributed by atoms with E-state index in [9.17, 15) is 4.79 Å². The Kier molecular flexibility index (Phi) is 3.27. The van der Waals surface area contributed by atoms with E-state index in [1.54, 1.807) is 0 Å². The van der Waals surface area contributed by atoms with Crippen molar-refractivity contribution < 1.29 is 9.53 Å². The number of ether oxygens (including phenoxy) is 1. The lowest BCUT2D eigenvalue weighted by molar-refractivity contribution is -0.117. The van der Waals surface area contributed by atoms with Gasteiger partial charge < -0.3 is 10.1 Å². The normalized spacial score (nSPS) is 17.4. The summed E-state index contributed by atoms with van der Waals surface area (Å²) in [4.78, 5) is 11.9. The largest absolute Gasteiger partial charge is 0.493 e. The fraction of sp³-hybridized carbons (Fsp3) is 0.500. The van der Waals surface area contributed by atoms with Crippen molar-refractivity contribution in [2.75, 3.05) is 13.2 Å². The van der Waals surface area contributed by atoms with Gasteiger partial charge in [0, 0.05) is 29.5 Å². The van der Waals surface area contributed by atoms with E-state index in [0.29, 0.717) is 30.6 Å². The second-order valence-corrected chi connectivity index (χ2v) is 5.46. The van der Waals surface area contributed by atoms with Crippen LogP contribution < -0.4 is 10.1 Å². The molecule has 1 fully saturated rings. The van der Waals surface area contributed by atoms with Crippen molar-refractivity contribution in [1.82, 2.24) is 5.32 Å². The Hall–Kier alpha value is -1.06. The molecule has 0 atom stereocenters. The first-order valence-electron chi connectivity index (χ1n) is 6.41. The van der Waals surface area contributed by atoms with E-state index < -0.39 is 0 Å². The molecule has 1 aromatic rings. The van der Waals surface area contributed by atoms with Crippen molar-refractivity contribution in [3.63, 3.8) is 0 Å². The fourth-order valence-electron chi connectivity index (χ4n) is 2.30. The lowest BCUT2D eigenvalue weighted by atomic mass is 10.0. The van der Waals surface area contributed by atoms with Crippen LogP contribution in [0.1, 0.15) is 24.0 Å². The molecule has 2 aliphatic rings. The molecule has 0 amide bonds. The molecule has 0 spiro atoms. The molecule has 1 aliphatic carbocycles.